The Labute approximate surface area is 191 Å². The van der Waals surface area contributed by atoms with Gasteiger partial charge >= 0.3 is 0 Å². The van der Waals surface area contributed by atoms with Gasteiger partial charge in [-0.2, -0.15) is 0 Å². The lowest BCUT2D eigenvalue weighted by molar-refractivity contribution is -0.134. The molecular formula is C20H16N6O2S3. The number of thiocarbonyl (C=S) groups is 1. The molecule has 2 aliphatic rings. The van der Waals surface area contributed by atoms with Crippen LogP contribution in [0.5, 0.6) is 0 Å². The van der Waals surface area contributed by atoms with Crippen molar-refractivity contribution in [1.29, 1.82) is 0 Å². The third-order valence-corrected chi connectivity index (χ3v) is 7.06. The number of para-hydroxylation sites is 2. The number of carbonyl (C=O) groups is 2. The van der Waals surface area contributed by atoms with Crippen molar-refractivity contribution < 1.29 is 9.59 Å². The third kappa shape index (κ3) is 3.99. The van der Waals surface area contributed by atoms with Crippen molar-refractivity contribution in [3.8, 4) is 0 Å². The van der Waals surface area contributed by atoms with Crippen molar-refractivity contribution in [2.24, 2.45) is 5.92 Å². The summed E-state index contributed by atoms with van der Waals surface area (Å²) in [6.07, 6.45) is 0. The van der Waals surface area contributed by atoms with E-state index in [4.69, 9.17) is 12.2 Å². The van der Waals surface area contributed by atoms with Crippen LogP contribution < -0.4 is 20.9 Å². The second kappa shape index (κ2) is 8.25. The van der Waals surface area contributed by atoms with E-state index < -0.39 is 17.7 Å². The Morgan fingerprint density at radius 1 is 0.968 bits per heavy atom. The number of nitrogens with one attached hydrogen (secondary N) is 3. The minimum atomic E-state index is -0.878. The molecule has 2 aliphatic heterocycles. The lowest BCUT2D eigenvalue weighted by Crippen LogP contribution is -2.57. The average molecular weight is 469 g/mol. The van der Waals surface area contributed by atoms with Crippen LogP contribution in [0.1, 0.15) is 5.01 Å². The first-order chi connectivity index (χ1) is 15.1. The summed E-state index contributed by atoms with van der Waals surface area (Å²) in [4.78, 5) is 28.6. The third-order valence-electron chi connectivity index (χ3n) is 4.86. The molecule has 0 aliphatic carbocycles. The molecule has 11 heteroatoms. The van der Waals surface area contributed by atoms with Crippen molar-refractivity contribution in [2.75, 3.05) is 16.8 Å². The van der Waals surface area contributed by atoms with Gasteiger partial charge in [0.05, 0.1) is 17.9 Å². The first-order valence-electron chi connectivity index (χ1n) is 9.44. The van der Waals surface area contributed by atoms with E-state index >= 15 is 0 Å². The molecule has 3 heterocycles. The molecule has 3 aromatic rings. The van der Waals surface area contributed by atoms with Crippen molar-refractivity contribution in [2.45, 2.75) is 16.3 Å². The van der Waals surface area contributed by atoms with Gasteiger partial charge in [-0.15, -0.1) is 10.2 Å². The summed E-state index contributed by atoms with van der Waals surface area (Å²) in [5.74, 6) is -1.73. The van der Waals surface area contributed by atoms with Gasteiger partial charge in [-0.25, -0.2) is 0 Å². The first kappa shape index (κ1) is 19.9. The van der Waals surface area contributed by atoms with E-state index in [1.165, 1.54) is 21.1 Å². The van der Waals surface area contributed by atoms with Crippen molar-refractivity contribution in [1.82, 2.24) is 20.8 Å². The van der Waals surface area contributed by atoms with Gasteiger partial charge < -0.3 is 20.9 Å². The van der Waals surface area contributed by atoms with Crippen molar-refractivity contribution >= 4 is 68.7 Å². The lowest BCUT2D eigenvalue weighted by Gasteiger charge is -2.31. The van der Waals surface area contributed by atoms with Crippen LogP contribution in [0, 0.1) is 5.92 Å². The largest absolute Gasteiger partial charge is 0.359 e. The predicted molar refractivity (Wildman–Crippen MR) is 124 cm³/mol. The smallest absolute Gasteiger partial charge is 0.240 e. The van der Waals surface area contributed by atoms with Crippen LogP contribution in [0.25, 0.3) is 0 Å². The van der Waals surface area contributed by atoms with Gasteiger partial charge in [0.2, 0.25) is 16.9 Å². The Bertz CT molecular complexity index is 1130. The molecule has 0 radical (unpaired) electrons. The molecule has 5 rings (SSSR count). The molecular weight excluding hydrogens is 452 g/mol. The number of hydrogen-bond donors (Lipinski definition) is 3. The van der Waals surface area contributed by atoms with E-state index in [1.54, 1.807) is 11.8 Å². The number of carbonyl (C=O) groups excluding carboxylic acids is 2. The molecule has 3 N–H and O–H groups in total. The Morgan fingerprint density at radius 2 is 1.58 bits per heavy atom. The molecule has 0 bridgehead atoms. The molecule has 0 unspecified atom stereocenters. The molecule has 31 heavy (non-hydrogen) atoms. The number of aromatic nitrogens is 2. The van der Waals surface area contributed by atoms with E-state index in [2.05, 4.69) is 55.3 Å². The summed E-state index contributed by atoms with van der Waals surface area (Å²) in [6, 6.07) is 16.6. The van der Waals surface area contributed by atoms with E-state index in [9.17, 15) is 9.59 Å². The second-order valence-corrected chi connectivity index (χ2v) is 9.42. The van der Waals surface area contributed by atoms with Crippen LogP contribution in [-0.2, 0) is 16.1 Å². The van der Waals surface area contributed by atoms with Crippen LogP contribution in [0.3, 0.4) is 0 Å². The number of nitrogens with zero attached hydrogens (tertiary/aromatic N) is 3. The highest BCUT2D eigenvalue weighted by Gasteiger charge is 2.32. The minimum absolute atomic E-state index is 0.0321. The molecule has 2 aromatic carbocycles. The number of anilines is 3. The highest BCUT2D eigenvalue weighted by molar-refractivity contribution is 7.99. The van der Waals surface area contributed by atoms with Crippen LogP contribution in [0.4, 0.5) is 16.5 Å². The maximum atomic E-state index is 12.0. The average Bonchev–Trinajstić information content (AvgIpc) is 3.20. The van der Waals surface area contributed by atoms with Gasteiger partial charge in [0.1, 0.15) is 10.9 Å². The Kier molecular flexibility index (Phi) is 5.30. The Hall–Kier alpha value is -3.02. The Balaban J connectivity index is 1.32. The summed E-state index contributed by atoms with van der Waals surface area (Å²) in [5.41, 5.74) is 2.25. The highest BCUT2D eigenvalue weighted by Crippen LogP contribution is 2.48. The lowest BCUT2D eigenvalue weighted by atomic mass is 10.1. The van der Waals surface area contributed by atoms with Crippen molar-refractivity contribution in [3.63, 3.8) is 0 Å². The SMILES string of the molecule is O=C1NC(=S)NC(=O)C1CNc1nnc(CN2c3ccccc3Sc3ccccc32)s1. The molecule has 2 amide bonds. The predicted octanol–water partition coefficient (Wildman–Crippen LogP) is 2.90. The maximum absolute atomic E-state index is 12.0. The highest BCUT2D eigenvalue weighted by atomic mass is 32.2. The molecule has 1 fully saturated rings. The number of hydrogen-bond acceptors (Lipinski definition) is 9. The van der Waals surface area contributed by atoms with E-state index in [-0.39, 0.29) is 11.7 Å². The zero-order valence-electron chi connectivity index (χ0n) is 16.0. The van der Waals surface area contributed by atoms with Gasteiger partial charge in [-0.3, -0.25) is 9.59 Å². The zero-order chi connectivity index (χ0) is 21.4. The number of benzene rings is 2. The summed E-state index contributed by atoms with van der Waals surface area (Å²) in [7, 11) is 0. The van der Waals surface area contributed by atoms with Crippen LogP contribution in [0.15, 0.2) is 58.3 Å². The fourth-order valence-electron chi connectivity index (χ4n) is 3.40. The molecule has 1 saturated heterocycles. The van der Waals surface area contributed by atoms with Gasteiger partial charge in [-0.1, -0.05) is 47.4 Å². The summed E-state index contributed by atoms with van der Waals surface area (Å²) < 4.78 is 0. The summed E-state index contributed by atoms with van der Waals surface area (Å²) in [5, 5.41) is 17.8. The number of amides is 2. The number of rotatable bonds is 5. The van der Waals surface area contributed by atoms with E-state index in [0.29, 0.717) is 11.7 Å². The van der Waals surface area contributed by atoms with Gasteiger partial charge in [0.25, 0.3) is 0 Å². The Morgan fingerprint density at radius 3 is 2.23 bits per heavy atom. The standard InChI is InChI=1S/C20H16N6O2S3/c27-17-11(18(28)23-19(29)22-17)9-21-20-25-24-16(31-20)10-26-12-5-1-3-7-14(12)30-15-8-4-2-6-13(15)26/h1-8,11H,9-10H2,(H,21,25)(H2,22,23,27,28,29). The first-order valence-corrected chi connectivity index (χ1v) is 11.5. The zero-order valence-corrected chi connectivity index (χ0v) is 18.4. The normalized spacial score (nSPS) is 15.7. The second-order valence-electron chi connectivity index (χ2n) is 6.87. The van der Waals surface area contributed by atoms with Gasteiger partial charge in [0, 0.05) is 16.3 Å². The van der Waals surface area contributed by atoms with Crippen molar-refractivity contribution in [3.05, 3.63) is 53.5 Å². The molecule has 0 saturated carbocycles. The van der Waals surface area contributed by atoms with Gasteiger partial charge in [0.15, 0.2) is 5.11 Å². The molecule has 156 valence electrons. The fourth-order valence-corrected chi connectivity index (χ4v) is 5.43. The molecule has 0 spiro atoms. The topological polar surface area (TPSA) is 99.2 Å². The minimum Gasteiger partial charge on any atom is -0.359 e. The number of fused-ring (bicyclic) bond motifs is 2. The van der Waals surface area contributed by atoms with Crippen LogP contribution >= 0.6 is 35.3 Å². The maximum Gasteiger partial charge on any atom is 0.240 e. The van der Waals surface area contributed by atoms with Gasteiger partial charge in [-0.05, 0) is 36.5 Å². The van der Waals surface area contributed by atoms with E-state index in [0.717, 1.165) is 16.4 Å². The molecule has 0 atom stereocenters. The summed E-state index contributed by atoms with van der Waals surface area (Å²) >= 11 is 7.97. The van der Waals surface area contributed by atoms with Crippen LogP contribution in [-0.4, -0.2) is 33.7 Å². The monoisotopic (exact) mass is 468 g/mol. The van der Waals surface area contributed by atoms with E-state index in [1.807, 2.05) is 24.3 Å². The molecule has 1 aromatic heterocycles. The van der Waals surface area contributed by atoms with Crippen LogP contribution in [0.2, 0.25) is 0 Å². The summed E-state index contributed by atoms with van der Waals surface area (Å²) in [6.45, 7) is 0.674. The fraction of sp³-hybridized carbons (Fsp3) is 0.150. The quantitative estimate of drug-likeness (QED) is 0.388. The molecule has 8 nitrogen and oxygen atoms in total.